The van der Waals surface area contributed by atoms with Gasteiger partial charge in [0.2, 0.25) is 5.13 Å². The van der Waals surface area contributed by atoms with Crippen LogP contribution in [0.3, 0.4) is 0 Å². The molecule has 0 radical (unpaired) electrons. The van der Waals surface area contributed by atoms with Crippen molar-refractivity contribution in [2.45, 2.75) is 35.6 Å². The Hall–Kier alpha value is -1.90. The van der Waals surface area contributed by atoms with E-state index in [0.717, 1.165) is 53.6 Å². The van der Waals surface area contributed by atoms with Gasteiger partial charge in [0.15, 0.2) is 4.34 Å². The predicted octanol–water partition coefficient (Wildman–Crippen LogP) is 3.67. The first-order chi connectivity index (χ1) is 12.9. The molecule has 3 heterocycles. The zero-order valence-corrected chi connectivity index (χ0v) is 16.0. The van der Waals surface area contributed by atoms with E-state index >= 15 is 0 Å². The molecule has 3 aromatic rings. The maximum absolute atomic E-state index is 5.62. The summed E-state index contributed by atoms with van der Waals surface area (Å²) in [6, 6.07) is 10.4. The van der Waals surface area contributed by atoms with Gasteiger partial charge in [0.25, 0.3) is 0 Å². The summed E-state index contributed by atoms with van der Waals surface area (Å²) < 4.78 is 8.75. The predicted molar refractivity (Wildman–Crippen MR) is 105 cm³/mol. The average Bonchev–Trinajstić information content (AvgIpc) is 3.42. The van der Waals surface area contributed by atoms with E-state index in [1.165, 1.54) is 5.56 Å². The summed E-state index contributed by atoms with van der Waals surface area (Å²) in [5.74, 6) is 1.82. The van der Waals surface area contributed by atoms with Crippen LogP contribution in [-0.4, -0.2) is 39.0 Å². The number of nitrogens with zero attached hydrogens (tertiary/aromatic N) is 4. The number of hydrogen-bond donors (Lipinski definition) is 1. The summed E-state index contributed by atoms with van der Waals surface area (Å²) >= 11 is 3.26. The number of anilines is 1. The third-order valence-corrected chi connectivity index (χ3v) is 6.24. The molecule has 0 bridgehead atoms. The minimum Gasteiger partial charge on any atom is -0.376 e. The number of benzene rings is 1. The average molecular weight is 388 g/mol. The normalized spacial score (nSPS) is 16.8. The van der Waals surface area contributed by atoms with Crippen molar-refractivity contribution in [3.63, 3.8) is 0 Å². The van der Waals surface area contributed by atoms with Crippen LogP contribution in [0, 0.1) is 0 Å². The monoisotopic (exact) mass is 387 g/mol. The van der Waals surface area contributed by atoms with Gasteiger partial charge in [-0.2, -0.15) is 0 Å². The lowest BCUT2D eigenvalue weighted by molar-refractivity contribution is 0.120. The van der Waals surface area contributed by atoms with Gasteiger partial charge >= 0.3 is 0 Å². The lowest BCUT2D eigenvalue weighted by Crippen LogP contribution is -2.18. The van der Waals surface area contributed by atoms with E-state index in [4.69, 9.17) is 4.74 Å². The van der Waals surface area contributed by atoms with Crippen LogP contribution in [0.15, 0.2) is 47.1 Å². The molecule has 8 heteroatoms. The molecule has 0 spiro atoms. The highest BCUT2D eigenvalue weighted by Gasteiger charge is 2.16. The Morgan fingerprint density at radius 1 is 1.27 bits per heavy atom. The van der Waals surface area contributed by atoms with Crippen LogP contribution < -0.4 is 5.32 Å². The standard InChI is InChI=1S/C18H21N5OS2/c1-2-5-14(6-3-1)12-23-9-8-19-16(23)13-25-18-22-21-17(26-18)20-11-15-7-4-10-24-15/h1-3,5-6,8-9,15H,4,7,10-13H2,(H,20,21). The van der Waals surface area contributed by atoms with Crippen molar-refractivity contribution in [1.82, 2.24) is 19.7 Å². The molecule has 1 aliphatic rings. The Morgan fingerprint density at radius 2 is 2.19 bits per heavy atom. The highest BCUT2D eigenvalue weighted by atomic mass is 32.2. The quantitative estimate of drug-likeness (QED) is 0.595. The minimum absolute atomic E-state index is 0.306. The van der Waals surface area contributed by atoms with Crippen LogP contribution in [0.25, 0.3) is 0 Å². The van der Waals surface area contributed by atoms with Crippen molar-refractivity contribution >= 4 is 28.2 Å². The van der Waals surface area contributed by atoms with Crippen molar-refractivity contribution in [3.8, 4) is 0 Å². The molecule has 1 atom stereocenters. The fourth-order valence-corrected chi connectivity index (χ4v) is 4.60. The lowest BCUT2D eigenvalue weighted by Gasteiger charge is -2.08. The van der Waals surface area contributed by atoms with Gasteiger partial charge in [0.1, 0.15) is 5.82 Å². The van der Waals surface area contributed by atoms with Gasteiger partial charge in [-0.1, -0.05) is 53.4 Å². The Labute approximate surface area is 161 Å². The van der Waals surface area contributed by atoms with Crippen LogP contribution in [0.1, 0.15) is 24.2 Å². The van der Waals surface area contributed by atoms with Crippen LogP contribution >= 0.6 is 23.1 Å². The van der Waals surface area contributed by atoms with Gasteiger partial charge in [-0.05, 0) is 18.4 Å². The van der Waals surface area contributed by atoms with Crippen molar-refractivity contribution < 1.29 is 4.74 Å². The molecule has 136 valence electrons. The first-order valence-corrected chi connectivity index (χ1v) is 10.5. The summed E-state index contributed by atoms with van der Waals surface area (Å²) in [5.41, 5.74) is 1.27. The largest absolute Gasteiger partial charge is 0.376 e. The maximum Gasteiger partial charge on any atom is 0.206 e. The fraction of sp³-hybridized carbons (Fsp3) is 0.389. The Kier molecular flexibility index (Phi) is 5.83. The van der Waals surface area contributed by atoms with Gasteiger partial charge in [-0.15, -0.1) is 10.2 Å². The van der Waals surface area contributed by atoms with Crippen LogP contribution in [0.4, 0.5) is 5.13 Å². The van der Waals surface area contributed by atoms with Crippen molar-refractivity contribution in [2.75, 3.05) is 18.5 Å². The Bertz CT molecular complexity index is 814. The van der Waals surface area contributed by atoms with Crippen molar-refractivity contribution in [2.24, 2.45) is 0 Å². The molecule has 4 rings (SSSR count). The van der Waals surface area contributed by atoms with E-state index in [-0.39, 0.29) is 0 Å². The zero-order chi connectivity index (χ0) is 17.6. The third-order valence-electron chi connectivity index (χ3n) is 4.23. The van der Waals surface area contributed by atoms with Crippen molar-refractivity contribution in [1.29, 1.82) is 0 Å². The highest BCUT2D eigenvalue weighted by Crippen LogP contribution is 2.28. The number of imidazole rings is 1. The SMILES string of the molecule is c1ccc(Cn2ccnc2CSc2nnc(NCC3CCCO3)s2)cc1. The topological polar surface area (TPSA) is 64.9 Å². The first kappa shape index (κ1) is 17.5. The molecule has 1 saturated heterocycles. The van der Waals surface area contributed by atoms with E-state index in [9.17, 15) is 0 Å². The number of nitrogens with one attached hydrogen (secondary N) is 1. The molecule has 1 aliphatic heterocycles. The molecular formula is C18H21N5OS2. The highest BCUT2D eigenvalue weighted by molar-refractivity contribution is 8.00. The number of thioether (sulfide) groups is 1. The van der Waals surface area contributed by atoms with Gasteiger partial charge in [0, 0.05) is 32.1 Å². The summed E-state index contributed by atoms with van der Waals surface area (Å²) in [6.45, 7) is 2.51. The molecular weight excluding hydrogens is 366 g/mol. The fourth-order valence-electron chi connectivity index (χ4n) is 2.88. The van der Waals surface area contributed by atoms with E-state index in [0.29, 0.717) is 6.10 Å². The molecule has 1 unspecified atom stereocenters. The van der Waals surface area contributed by atoms with Crippen molar-refractivity contribution in [3.05, 3.63) is 54.1 Å². The van der Waals surface area contributed by atoms with E-state index in [2.05, 4.69) is 49.3 Å². The third kappa shape index (κ3) is 4.63. The molecule has 1 fully saturated rings. The van der Waals surface area contributed by atoms with Gasteiger partial charge in [0.05, 0.1) is 11.9 Å². The summed E-state index contributed by atoms with van der Waals surface area (Å²) in [7, 11) is 0. The van der Waals surface area contributed by atoms with Gasteiger partial charge in [-0.3, -0.25) is 0 Å². The number of rotatable bonds is 8. The second kappa shape index (κ2) is 8.66. The molecule has 0 saturated carbocycles. The molecule has 1 aromatic carbocycles. The van der Waals surface area contributed by atoms with E-state index < -0.39 is 0 Å². The van der Waals surface area contributed by atoms with Crippen LogP contribution in [0.2, 0.25) is 0 Å². The summed E-state index contributed by atoms with van der Waals surface area (Å²) in [4.78, 5) is 4.49. The van der Waals surface area contributed by atoms with Gasteiger partial charge in [-0.25, -0.2) is 4.98 Å². The zero-order valence-electron chi connectivity index (χ0n) is 14.4. The molecule has 1 N–H and O–H groups in total. The lowest BCUT2D eigenvalue weighted by atomic mass is 10.2. The first-order valence-electron chi connectivity index (χ1n) is 8.72. The molecule has 6 nitrogen and oxygen atoms in total. The number of ether oxygens (including phenoxy) is 1. The molecule has 26 heavy (non-hydrogen) atoms. The molecule has 2 aromatic heterocycles. The van der Waals surface area contributed by atoms with E-state index in [1.807, 2.05) is 18.5 Å². The van der Waals surface area contributed by atoms with Gasteiger partial charge < -0.3 is 14.6 Å². The maximum atomic E-state index is 5.62. The van der Waals surface area contributed by atoms with Crippen LogP contribution in [-0.2, 0) is 17.0 Å². The summed E-state index contributed by atoms with van der Waals surface area (Å²) in [5, 5.41) is 12.7. The Balaban J connectivity index is 1.30. The minimum atomic E-state index is 0.306. The number of aromatic nitrogens is 4. The molecule has 0 amide bonds. The molecule has 0 aliphatic carbocycles. The van der Waals surface area contributed by atoms with Crippen LogP contribution in [0.5, 0.6) is 0 Å². The smallest absolute Gasteiger partial charge is 0.206 e. The second-order valence-corrected chi connectivity index (χ2v) is 8.33. The summed E-state index contributed by atoms with van der Waals surface area (Å²) in [6.07, 6.45) is 6.46. The second-order valence-electron chi connectivity index (χ2n) is 6.13. The number of hydrogen-bond acceptors (Lipinski definition) is 7. The Morgan fingerprint density at radius 3 is 3.04 bits per heavy atom. The van der Waals surface area contributed by atoms with E-state index in [1.54, 1.807) is 23.1 Å².